The molecule has 138 valence electrons. The Labute approximate surface area is 152 Å². The van der Waals surface area contributed by atoms with Gasteiger partial charge in [0.15, 0.2) is 11.6 Å². The number of halogens is 1. The first-order chi connectivity index (χ1) is 12.6. The highest BCUT2D eigenvalue weighted by Crippen LogP contribution is 2.20. The van der Waals surface area contributed by atoms with Crippen LogP contribution in [0.2, 0.25) is 0 Å². The van der Waals surface area contributed by atoms with Crippen LogP contribution < -0.4 is 4.74 Å². The number of rotatable bonds is 5. The first-order valence-electron chi connectivity index (χ1n) is 8.58. The van der Waals surface area contributed by atoms with Crippen LogP contribution in [0.4, 0.5) is 4.39 Å². The van der Waals surface area contributed by atoms with Crippen LogP contribution in [0.3, 0.4) is 0 Å². The summed E-state index contributed by atoms with van der Waals surface area (Å²) in [5.74, 6) is -0.610. The number of methoxy groups -OCH3 is 1. The van der Waals surface area contributed by atoms with Gasteiger partial charge in [0.05, 0.1) is 19.8 Å². The molecule has 1 aromatic heterocycles. The summed E-state index contributed by atoms with van der Waals surface area (Å²) in [5, 5.41) is 0. The summed E-state index contributed by atoms with van der Waals surface area (Å²) in [5.41, 5.74) is 2.20. The molecule has 2 heterocycles. The summed E-state index contributed by atoms with van der Waals surface area (Å²) in [6.07, 6.45) is 3.01. The van der Waals surface area contributed by atoms with E-state index in [1.807, 2.05) is 13.0 Å². The molecule has 7 heteroatoms. The zero-order valence-electron chi connectivity index (χ0n) is 14.9. The number of hydrogen-bond acceptors (Lipinski definition) is 5. The molecule has 0 spiro atoms. The van der Waals surface area contributed by atoms with E-state index in [-0.39, 0.29) is 17.8 Å². The lowest BCUT2D eigenvalue weighted by molar-refractivity contribution is -0.0247. The van der Waals surface area contributed by atoms with Crippen LogP contribution in [-0.4, -0.2) is 53.7 Å². The van der Waals surface area contributed by atoms with E-state index in [2.05, 4.69) is 9.97 Å². The van der Waals surface area contributed by atoms with Crippen molar-refractivity contribution in [3.63, 3.8) is 0 Å². The molecule has 1 saturated heterocycles. The Balaban J connectivity index is 1.60. The number of morpholine rings is 1. The number of benzene rings is 1. The highest BCUT2D eigenvalue weighted by molar-refractivity contribution is 5.94. The molecule has 0 saturated carbocycles. The third-order valence-corrected chi connectivity index (χ3v) is 4.41. The lowest BCUT2D eigenvalue weighted by Gasteiger charge is -2.33. The predicted molar refractivity (Wildman–Crippen MR) is 93.7 cm³/mol. The molecule has 1 aromatic carbocycles. The average molecular weight is 359 g/mol. The second-order valence-corrected chi connectivity index (χ2v) is 6.28. The predicted octanol–water partition coefficient (Wildman–Crippen LogP) is 2.41. The Kier molecular flexibility index (Phi) is 5.78. The van der Waals surface area contributed by atoms with E-state index in [1.54, 1.807) is 17.3 Å². The summed E-state index contributed by atoms with van der Waals surface area (Å²) in [4.78, 5) is 22.7. The first kappa shape index (κ1) is 18.3. The summed E-state index contributed by atoms with van der Waals surface area (Å²) >= 11 is 0. The Bertz CT molecular complexity index is 784. The fourth-order valence-electron chi connectivity index (χ4n) is 3.02. The normalized spacial score (nSPS) is 17.2. The van der Waals surface area contributed by atoms with Crippen molar-refractivity contribution in [1.82, 2.24) is 14.9 Å². The van der Waals surface area contributed by atoms with E-state index in [1.165, 1.54) is 19.2 Å². The number of carbonyl (C=O) groups is 1. The number of amides is 1. The maximum Gasteiger partial charge on any atom is 0.254 e. The highest BCUT2D eigenvalue weighted by atomic mass is 19.1. The zero-order chi connectivity index (χ0) is 18.5. The van der Waals surface area contributed by atoms with Crippen molar-refractivity contribution in [1.29, 1.82) is 0 Å². The van der Waals surface area contributed by atoms with Crippen molar-refractivity contribution in [2.24, 2.45) is 0 Å². The number of aromatic nitrogens is 2. The zero-order valence-corrected chi connectivity index (χ0v) is 14.9. The van der Waals surface area contributed by atoms with Crippen molar-refractivity contribution in [2.75, 3.05) is 26.8 Å². The van der Waals surface area contributed by atoms with E-state index >= 15 is 0 Å². The van der Waals surface area contributed by atoms with Gasteiger partial charge in [-0.1, -0.05) is 0 Å². The maximum atomic E-state index is 13.9. The average Bonchev–Trinajstić information content (AvgIpc) is 2.66. The molecule has 1 amide bonds. The van der Waals surface area contributed by atoms with Crippen LogP contribution in [0.5, 0.6) is 5.75 Å². The summed E-state index contributed by atoms with van der Waals surface area (Å²) in [6.45, 7) is 3.38. The highest BCUT2D eigenvalue weighted by Gasteiger charge is 2.25. The van der Waals surface area contributed by atoms with Crippen LogP contribution in [-0.2, 0) is 11.2 Å². The topological polar surface area (TPSA) is 64.5 Å². The molecule has 1 aliphatic rings. The summed E-state index contributed by atoms with van der Waals surface area (Å²) < 4.78 is 24.5. The Morgan fingerprint density at radius 2 is 2.23 bits per heavy atom. The third kappa shape index (κ3) is 4.35. The van der Waals surface area contributed by atoms with Gasteiger partial charge in [0.1, 0.15) is 6.33 Å². The standard InChI is InChI=1S/C19H22FN3O3/c1-13-9-15(22-12-21-13)4-5-16-11-23(7-8-26-16)19(24)14-3-6-18(25-2)17(20)10-14/h3,6,9-10,12,16H,4-5,7-8,11H2,1-2H3/t16-/m1/s1. The minimum absolute atomic E-state index is 0.0638. The van der Waals surface area contributed by atoms with Gasteiger partial charge in [-0.3, -0.25) is 4.79 Å². The van der Waals surface area contributed by atoms with Gasteiger partial charge in [0.25, 0.3) is 5.91 Å². The van der Waals surface area contributed by atoms with Gasteiger partial charge in [0, 0.05) is 30.0 Å². The number of nitrogens with zero attached hydrogens (tertiary/aromatic N) is 3. The number of carbonyl (C=O) groups excluding carboxylic acids is 1. The lowest BCUT2D eigenvalue weighted by Crippen LogP contribution is -2.45. The molecule has 2 aromatic rings. The van der Waals surface area contributed by atoms with Crippen LogP contribution in [0.1, 0.15) is 28.2 Å². The van der Waals surface area contributed by atoms with Crippen molar-refractivity contribution in [3.05, 3.63) is 53.4 Å². The largest absolute Gasteiger partial charge is 0.494 e. The first-order valence-corrected chi connectivity index (χ1v) is 8.58. The van der Waals surface area contributed by atoms with Gasteiger partial charge in [-0.2, -0.15) is 0 Å². The Morgan fingerprint density at radius 3 is 2.96 bits per heavy atom. The van der Waals surface area contributed by atoms with Crippen molar-refractivity contribution in [2.45, 2.75) is 25.9 Å². The van der Waals surface area contributed by atoms with Crippen LogP contribution in [0, 0.1) is 12.7 Å². The number of ether oxygens (including phenoxy) is 2. The SMILES string of the molecule is COc1ccc(C(=O)N2CCO[C@H](CCc3cc(C)ncn3)C2)cc1F. The fraction of sp³-hybridized carbons (Fsp3) is 0.421. The molecule has 1 aliphatic heterocycles. The fourth-order valence-corrected chi connectivity index (χ4v) is 3.02. The summed E-state index contributed by atoms with van der Waals surface area (Å²) in [7, 11) is 1.39. The molecule has 0 N–H and O–H groups in total. The van der Waals surface area contributed by atoms with Crippen molar-refractivity contribution >= 4 is 5.91 Å². The van der Waals surface area contributed by atoms with Crippen LogP contribution in [0.15, 0.2) is 30.6 Å². The summed E-state index contributed by atoms with van der Waals surface area (Å²) in [6, 6.07) is 6.22. The molecule has 0 unspecified atom stereocenters. The van der Waals surface area contributed by atoms with Gasteiger partial charge in [-0.25, -0.2) is 14.4 Å². The van der Waals surface area contributed by atoms with Crippen LogP contribution >= 0.6 is 0 Å². The molecule has 0 radical (unpaired) electrons. The smallest absolute Gasteiger partial charge is 0.254 e. The molecular weight excluding hydrogens is 337 g/mol. The van der Waals surface area contributed by atoms with Crippen molar-refractivity contribution < 1.29 is 18.7 Å². The number of aryl methyl sites for hydroxylation is 2. The monoisotopic (exact) mass is 359 g/mol. The quantitative estimate of drug-likeness (QED) is 0.820. The minimum Gasteiger partial charge on any atom is -0.494 e. The van der Waals surface area contributed by atoms with E-state index < -0.39 is 5.82 Å². The van der Waals surface area contributed by atoms with E-state index in [9.17, 15) is 9.18 Å². The van der Waals surface area contributed by atoms with E-state index in [0.29, 0.717) is 25.3 Å². The van der Waals surface area contributed by atoms with Gasteiger partial charge in [0.2, 0.25) is 0 Å². The number of hydrogen-bond donors (Lipinski definition) is 0. The van der Waals surface area contributed by atoms with E-state index in [0.717, 1.165) is 24.2 Å². The van der Waals surface area contributed by atoms with Gasteiger partial charge < -0.3 is 14.4 Å². The van der Waals surface area contributed by atoms with Gasteiger partial charge in [-0.05, 0) is 44.0 Å². The molecule has 26 heavy (non-hydrogen) atoms. The maximum absolute atomic E-state index is 13.9. The Morgan fingerprint density at radius 1 is 1.38 bits per heavy atom. The second kappa shape index (κ2) is 8.23. The van der Waals surface area contributed by atoms with Crippen molar-refractivity contribution in [3.8, 4) is 5.75 Å². The molecule has 6 nitrogen and oxygen atoms in total. The lowest BCUT2D eigenvalue weighted by atomic mass is 10.1. The Hall–Kier alpha value is -2.54. The van der Waals surface area contributed by atoms with Crippen LogP contribution in [0.25, 0.3) is 0 Å². The van der Waals surface area contributed by atoms with Gasteiger partial charge >= 0.3 is 0 Å². The van der Waals surface area contributed by atoms with E-state index in [4.69, 9.17) is 9.47 Å². The van der Waals surface area contributed by atoms with Gasteiger partial charge in [-0.15, -0.1) is 0 Å². The molecule has 3 rings (SSSR count). The second-order valence-electron chi connectivity index (χ2n) is 6.28. The third-order valence-electron chi connectivity index (χ3n) is 4.41. The molecular formula is C19H22FN3O3. The molecule has 0 bridgehead atoms. The molecule has 0 aliphatic carbocycles. The minimum atomic E-state index is -0.540. The molecule has 1 atom stereocenters. The molecule has 1 fully saturated rings.